The van der Waals surface area contributed by atoms with E-state index in [4.69, 9.17) is 4.74 Å². The van der Waals surface area contributed by atoms with Crippen LogP contribution in [0.4, 0.5) is 0 Å². The summed E-state index contributed by atoms with van der Waals surface area (Å²) in [6.07, 6.45) is 6.89. The number of methoxy groups -OCH3 is 1. The standard InChI is InChI=1S/C16H33NO/c1-13(10-11-18-5)15-9-7-6-8-14(15)12-17-16(2,3)4/h13-15,17H,6-12H2,1-5H3. The molecule has 0 amide bonds. The van der Waals surface area contributed by atoms with Gasteiger partial charge in [-0.25, -0.2) is 0 Å². The van der Waals surface area contributed by atoms with Crippen molar-refractivity contribution in [2.45, 2.75) is 65.3 Å². The molecule has 1 saturated carbocycles. The minimum atomic E-state index is 0.248. The molecule has 2 nitrogen and oxygen atoms in total. The van der Waals surface area contributed by atoms with Crippen molar-refractivity contribution in [1.82, 2.24) is 5.32 Å². The monoisotopic (exact) mass is 255 g/mol. The highest BCUT2D eigenvalue weighted by Crippen LogP contribution is 2.36. The second-order valence-corrected chi connectivity index (χ2v) is 7.10. The quantitative estimate of drug-likeness (QED) is 0.778. The molecule has 18 heavy (non-hydrogen) atoms. The molecule has 2 heteroatoms. The SMILES string of the molecule is COCCC(C)C1CCCCC1CNC(C)(C)C. The normalized spacial score (nSPS) is 27.2. The highest BCUT2D eigenvalue weighted by Gasteiger charge is 2.29. The summed E-state index contributed by atoms with van der Waals surface area (Å²) in [7, 11) is 1.81. The molecule has 0 radical (unpaired) electrons. The van der Waals surface area contributed by atoms with Crippen molar-refractivity contribution >= 4 is 0 Å². The summed E-state index contributed by atoms with van der Waals surface area (Å²) < 4.78 is 5.24. The van der Waals surface area contributed by atoms with Gasteiger partial charge < -0.3 is 10.1 Å². The maximum absolute atomic E-state index is 5.24. The van der Waals surface area contributed by atoms with Crippen LogP contribution < -0.4 is 5.32 Å². The Morgan fingerprint density at radius 3 is 2.50 bits per heavy atom. The third kappa shape index (κ3) is 5.71. The lowest BCUT2D eigenvalue weighted by atomic mass is 9.72. The van der Waals surface area contributed by atoms with Gasteiger partial charge in [-0.15, -0.1) is 0 Å². The van der Waals surface area contributed by atoms with Crippen LogP contribution in [0.3, 0.4) is 0 Å². The molecule has 0 saturated heterocycles. The predicted octanol–water partition coefficient (Wildman–Crippen LogP) is 3.85. The van der Waals surface area contributed by atoms with E-state index >= 15 is 0 Å². The molecule has 1 rings (SSSR count). The maximum atomic E-state index is 5.24. The second-order valence-electron chi connectivity index (χ2n) is 7.10. The minimum Gasteiger partial charge on any atom is -0.385 e. The summed E-state index contributed by atoms with van der Waals surface area (Å²) in [5.74, 6) is 2.56. The molecule has 0 spiro atoms. The van der Waals surface area contributed by atoms with Crippen molar-refractivity contribution in [3.8, 4) is 0 Å². The lowest BCUT2D eigenvalue weighted by Gasteiger charge is -2.37. The molecular weight excluding hydrogens is 222 g/mol. The molecule has 1 aliphatic rings. The Labute approximate surface area is 114 Å². The fourth-order valence-corrected chi connectivity index (χ4v) is 3.19. The number of ether oxygens (including phenoxy) is 1. The van der Waals surface area contributed by atoms with E-state index in [0.717, 1.165) is 24.4 Å². The number of rotatable bonds is 6. The first kappa shape index (κ1) is 16.0. The van der Waals surface area contributed by atoms with Gasteiger partial charge in [0, 0.05) is 19.3 Å². The third-order valence-corrected chi connectivity index (χ3v) is 4.37. The van der Waals surface area contributed by atoms with Crippen LogP contribution in [-0.4, -0.2) is 25.8 Å². The smallest absolute Gasteiger partial charge is 0.0464 e. The van der Waals surface area contributed by atoms with Crippen LogP contribution >= 0.6 is 0 Å². The van der Waals surface area contributed by atoms with Gasteiger partial charge in [-0.1, -0.05) is 19.8 Å². The fourth-order valence-electron chi connectivity index (χ4n) is 3.19. The van der Waals surface area contributed by atoms with Crippen LogP contribution in [0, 0.1) is 17.8 Å². The highest BCUT2D eigenvalue weighted by atomic mass is 16.5. The predicted molar refractivity (Wildman–Crippen MR) is 78.9 cm³/mol. The Morgan fingerprint density at radius 2 is 1.89 bits per heavy atom. The van der Waals surface area contributed by atoms with Crippen LogP contribution in [0.2, 0.25) is 0 Å². The molecule has 1 aliphatic carbocycles. The molecule has 1 N–H and O–H groups in total. The van der Waals surface area contributed by atoms with Crippen molar-refractivity contribution in [3.63, 3.8) is 0 Å². The van der Waals surface area contributed by atoms with E-state index in [1.165, 1.54) is 38.6 Å². The Morgan fingerprint density at radius 1 is 1.22 bits per heavy atom. The zero-order valence-electron chi connectivity index (χ0n) is 13.1. The van der Waals surface area contributed by atoms with E-state index in [2.05, 4.69) is 33.0 Å². The Hall–Kier alpha value is -0.0800. The first-order valence-corrected chi connectivity index (χ1v) is 7.68. The third-order valence-electron chi connectivity index (χ3n) is 4.37. The Kier molecular flexibility index (Phi) is 6.65. The van der Waals surface area contributed by atoms with E-state index in [-0.39, 0.29) is 5.54 Å². The van der Waals surface area contributed by atoms with Crippen molar-refractivity contribution in [2.24, 2.45) is 17.8 Å². The number of nitrogens with one attached hydrogen (secondary N) is 1. The van der Waals surface area contributed by atoms with Gasteiger partial charge in [-0.3, -0.25) is 0 Å². The van der Waals surface area contributed by atoms with Crippen molar-refractivity contribution < 1.29 is 4.74 Å². The van der Waals surface area contributed by atoms with Crippen molar-refractivity contribution in [3.05, 3.63) is 0 Å². The maximum Gasteiger partial charge on any atom is 0.0464 e. The summed E-state index contributed by atoms with van der Waals surface area (Å²) >= 11 is 0. The van der Waals surface area contributed by atoms with E-state index in [0.29, 0.717) is 0 Å². The first-order chi connectivity index (χ1) is 8.44. The molecule has 0 aromatic carbocycles. The average Bonchev–Trinajstić information content (AvgIpc) is 2.33. The number of hydrogen-bond donors (Lipinski definition) is 1. The van der Waals surface area contributed by atoms with Crippen LogP contribution in [0.15, 0.2) is 0 Å². The van der Waals surface area contributed by atoms with Gasteiger partial charge in [0.05, 0.1) is 0 Å². The topological polar surface area (TPSA) is 21.3 Å². The summed E-state index contributed by atoms with van der Waals surface area (Å²) in [5, 5.41) is 3.70. The van der Waals surface area contributed by atoms with Gasteiger partial charge in [-0.05, 0) is 64.3 Å². The largest absolute Gasteiger partial charge is 0.385 e. The fraction of sp³-hybridized carbons (Fsp3) is 1.00. The molecule has 1 fully saturated rings. The zero-order valence-corrected chi connectivity index (χ0v) is 13.1. The van der Waals surface area contributed by atoms with Crippen molar-refractivity contribution in [1.29, 1.82) is 0 Å². The molecule has 3 atom stereocenters. The van der Waals surface area contributed by atoms with Gasteiger partial charge in [-0.2, -0.15) is 0 Å². The first-order valence-electron chi connectivity index (χ1n) is 7.68. The van der Waals surface area contributed by atoms with E-state index in [1.54, 1.807) is 0 Å². The average molecular weight is 255 g/mol. The van der Waals surface area contributed by atoms with Gasteiger partial charge >= 0.3 is 0 Å². The van der Waals surface area contributed by atoms with Crippen LogP contribution in [-0.2, 0) is 4.74 Å². The summed E-state index contributed by atoms with van der Waals surface area (Å²) in [4.78, 5) is 0. The molecule has 108 valence electrons. The van der Waals surface area contributed by atoms with Gasteiger partial charge in [0.1, 0.15) is 0 Å². The van der Waals surface area contributed by atoms with Crippen LogP contribution in [0.1, 0.15) is 59.8 Å². The lowest BCUT2D eigenvalue weighted by molar-refractivity contribution is 0.117. The summed E-state index contributed by atoms with van der Waals surface area (Å²) in [6, 6.07) is 0. The second kappa shape index (κ2) is 7.49. The molecular formula is C16H33NO. The number of hydrogen-bond acceptors (Lipinski definition) is 2. The van der Waals surface area contributed by atoms with Crippen molar-refractivity contribution in [2.75, 3.05) is 20.3 Å². The van der Waals surface area contributed by atoms with Crippen LogP contribution in [0.25, 0.3) is 0 Å². The van der Waals surface area contributed by atoms with Gasteiger partial charge in [0.2, 0.25) is 0 Å². The highest BCUT2D eigenvalue weighted by molar-refractivity contribution is 4.83. The molecule has 0 aromatic heterocycles. The minimum absolute atomic E-state index is 0.248. The molecule has 0 heterocycles. The van der Waals surface area contributed by atoms with Crippen LogP contribution in [0.5, 0.6) is 0 Å². The van der Waals surface area contributed by atoms with Gasteiger partial charge in [0.15, 0.2) is 0 Å². The Bertz CT molecular complexity index is 222. The molecule has 3 unspecified atom stereocenters. The van der Waals surface area contributed by atoms with Gasteiger partial charge in [0.25, 0.3) is 0 Å². The van der Waals surface area contributed by atoms with E-state index in [1.807, 2.05) is 7.11 Å². The summed E-state index contributed by atoms with van der Waals surface area (Å²) in [6.45, 7) is 11.3. The van der Waals surface area contributed by atoms with E-state index in [9.17, 15) is 0 Å². The van der Waals surface area contributed by atoms with E-state index < -0.39 is 0 Å². The molecule has 0 aliphatic heterocycles. The zero-order chi connectivity index (χ0) is 13.6. The lowest BCUT2D eigenvalue weighted by Crippen LogP contribution is -2.42. The molecule has 0 bridgehead atoms. The summed E-state index contributed by atoms with van der Waals surface area (Å²) in [5.41, 5.74) is 0.248. The Balaban J connectivity index is 2.45. The molecule has 0 aromatic rings.